The summed E-state index contributed by atoms with van der Waals surface area (Å²) in [4.78, 5) is 9.41. The molecule has 0 aliphatic rings. The summed E-state index contributed by atoms with van der Waals surface area (Å²) in [7, 11) is 0. The van der Waals surface area contributed by atoms with Crippen LogP contribution in [0.4, 0.5) is 0 Å². The molecule has 22 heavy (non-hydrogen) atoms. The number of aliphatic hydroxyl groups is 4. The number of hydrogen-bond donors (Lipinski definition) is 4. The standard InChI is InChI=1S/C16H28N2O4/c19-9-1-5-13-14(6-2-10-20)18-16(8-4-12-22)15(17-13)7-3-11-21/h19-22H,1-12H2. The smallest absolute Gasteiger partial charge is 0.0623 e. The summed E-state index contributed by atoms with van der Waals surface area (Å²) in [6.07, 6.45) is 5.19. The molecule has 1 aromatic heterocycles. The molecular weight excluding hydrogens is 284 g/mol. The average Bonchev–Trinajstić information content (AvgIpc) is 2.55. The highest BCUT2D eigenvalue weighted by Crippen LogP contribution is 2.16. The second-order valence-corrected chi connectivity index (χ2v) is 5.32. The van der Waals surface area contributed by atoms with Gasteiger partial charge in [-0.15, -0.1) is 0 Å². The number of aryl methyl sites for hydroxylation is 4. The van der Waals surface area contributed by atoms with Gasteiger partial charge < -0.3 is 20.4 Å². The third kappa shape index (κ3) is 6.36. The Morgan fingerprint density at radius 3 is 0.864 bits per heavy atom. The number of rotatable bonds is 12. The third-order valence-electron chi connectivity index (χ3n) is 3.49. The predicted octanol–water partition coefficient (Wildman–Crippen LogP) is 0.176. The van der Waals surface area contributed by atoms with Gasteiger partial charge >= 0.3 is 0 Å². The maximum Gasteiger partial charge on any atom is 0.0623 e. The Balaban J connectivity index is 3.04. The molecule has 1 heterocycles. The van der Waals surface area contributed by atoms with Gasteiger partial charge in [0.05, 0.1) is 22.8 Å². The first-order valence-corrected chi connectivity index (χ1v) is 8.07. The fourth-order valence-corrected chi connectivity index (χ4v) is 2.37. The van der Waals surface area contributed by atoms with Gasteiger partial charge in [0.15, 0.2) is 0 Å². The van der Waals surface area contributed by atoms with Crippen LogP contribution in [0.2, 0.25) is 0 Å². The van der Waals surface area contributed by atoms with E-state index in [2.05, 4.69) is 0 Å². The van der Waals surface area contributed by atoms with Crippen LogP contribution < -0.4 is 0 Å². The zero-order valence-electron chi connectivity index (χ0n) is 13.2. The molecular formula is C16H28N2O4. The second-order valence-electron chi connectivity index (χ2n) is 5.32. The summed E-state index contributed by atoms with van der Waals surface area (Å²) < 4.78 is 0. The summed E-state index contributed by atoms with van der Waals surface area (Å²) in [6, 6.07) is 0. The molecule has 6 nitrogen and oxygen atoms in total. The number of hydrogen-bond acceptors (Lipinski definition) is 6. The van der Waals surface area contributed by atoms with Crippen LogP contribution in [0, 0.1) is 0 Å². The minimum absolute atomic E-state index is 0.110. The minimum atomic E-state index is 0.110. The van der Waals surface area contributed by atoms with E-state index in [0.29, 0.717) is 51.4 Å². The molecule has 6 heteroatoms. The third-order valence-corrected chi connectivity index (χ3v) is 3.49. The van der Waals surface area contributed by atoms with Crippen molar-refractivity contribution >= 4 is 0 Å². The van der Waals surface area contributed by atoms with Crippen LogP contribution in [0.3, 0.4) is 0 Å². The largest absolute Gasteiger partial charge is 0.396 e. The minimum Gasteiger partial charge on any atom is -0.396 e. The van der Waals surface area contributed by atoms with E-state index in [4.69, 9.17) is 30.4 Å². The number of aromatic nitrogens is 2. The summed E-state index contributed by atoms with van der Waals surface area (Å²) >= 11 is 0. The van der Waals surface area contributed by atoms with Crippen LogP contribution in [-0.2, 0) is 25.7 Å². The predicted molar refractivity (Wildman–Crippen MR) is 83.7 cm³/mol. The molecule has 0 spiro atoms. The lowest BCUT2D eigenvalue weighted by Crippen LogP contribution is -2.12. The molecule has 126 valence electrons. The first kappa shape index (κ1) is 19.0. The lowest BCUT2D eigenvalue weighted by molar-refractivity contribution is 0.283. The maximum absolute atomic E-state index is 9.03. The summed E-state index contributed by atoms with van der Waals surface area (Å²) in [5.41, 5.74) is 3.51. The molecule has 0 amide bonds. The molecule has 0 aromatic carbocycles. The van der Waals surface area contributed by atoms with Crippen molar-refractivity contribution in [3.63, 3.8) is 0 Å². The van der Waals surface area contributed by atoms with E-state index in [0.717, 1.165) is 22.8 Å². The van der Waals surface area contributed by atoms with Crippen molar-refractivity contribution in [2.45, 2.75) is 51.4 Å². The van der Waals surface area contributed by atoms with Crippen molar-refractivity contribution in [1.29, 1.82) is 0 Å². The average molecular weight is 312 g/mol. The fourth-order valence-electron chi connectivity index (χ4n) is 2.37. The second kappa shape index (κ2) is 11.5. The highest BCUT2D eigenvalue weighted by molar-refractivity contribution is 5.22. The van der Waals surface area contributed by atoms with Crippen molar-refractivity contribution < 1.29 is 20.4 Å². The number of nitrogens with zero attached hydrogens (tertiary/aromatic N) is 2. The molecule has 0 atom stereocenters. The fraction of sp³-hybridized carbons (Fsp3) is 0.750. The molecule has 1 rings (SSSR count). The Labute approximate surface area is 131 Å². The normalized spacial score (nSPS) is 11.1. The van der Waals surface area contributed by atoms with Crippen molar-refractivity contribution in [2.24, 2.45) is 0 Å². The van der Waals surface area contributed by atoms with Crippen LogP contribution in [-0.4, -0.2) is 56.8 Å². The molecule has 0 bridgehead atoms. The van der Waals surface area contributed by atoms with Crippen molar-refractivity contribution in [1.82, 2.24) is 9.97 Å². The van der Waals surface area contributed by atoms with Gasteiger partial charge in [-0.3, -0.25) is 9.97 Å². The molecule has 0 saturated carbocycles. The van der Waals surface area contributed by atoms with Gasteiger partial charge in [-0.05, 0) is 51.4 Å². The Bertz CT molecular complexity index is 353. The maximum atomic E-state index is 9.03. The van der Waals surface area contributed by atoms with Gasteiger partial charge in [0.2, 0.25) is 0 Å². The van der Waals surface area contributed by atoms with Gasteiger partial charge in [-0.2, -0.15) is 0 Å². The molecule has 0 radical (unpaired) electrons. The summed E-state index contributed by atoms with van der Waals surface area (Å²) in [5.74, 6) is 0. The zero-order valence-corrected chi connectivity index (χ0v) is 13.2. The number of aliphatic hydroxyl groups excluding tert-OH is 4. The van der Waals surface area contributed by atoms with Crippen LogP contribution >= 0.6 is 0 Å². The van der Waals surface area contributed by atoms with E-state index >= 15 is 0 Å². The van der Waals surface area contributed by atoms with Crippen LogP contribution in [0.5, 0.6) is 0 Å². The van der Waals surface area contributed by atoms with Gasteiger partial charge in [-0.1, -0.05) is 0 Å². The SMILES string of the molecule is OCCCc1nc(CCCO)c(CCCO)nc1CCCO. The highest BCUT2D eigenvalue weighted by atomic mass is 16.3. The van der Waals surface area contributed by atoms with Crippen LogP contribution in [0.25, 0.3) is 0 Å². The molecule has 1 aromatic rings. The molecule has 0 fully saturated rings. The lowest BCUT2D eigenvalue weighted by atomic mass is 10.1. The summed E-state index contributed by atoms with van der Waals surface area (Å²) in [5, 5.41) is 36.1. The zero-order chi connectivity index (χ0) is 16.2. The first-order chi connectivity index (χ1) is 10.8. The lowest BCUT2D eigenvalue weighted by Gasteiger charge is -2.14. The van der Waals surface area contributed by atoms with Gasteiger partial charge in [0, 0.05) is 26.4 Å². The van der Waals surface area contributed by atoms with Gasteiger partial charge in [0.1, 0.15) is 0 Å². The highest BCUT2D eigenvalue weighted by Gasteiger charge is 2.13. The monoisotopic (exact) mass is 312 g/mol. The van der Waals surface area contributed by atoms with E-state index in [1.165, 1.54) is 0 Å². The van der Waals surface area contributed by atoms with Crippen molar-refractivity contribution in [3.8, 4) is 0 Å². The van der Waals surface area contributed by atoms with Crippen LogP contribution in [0.1, 0.15) is 48.5 Å². The van der Waals surface area contributed by atoms with E-state index in [9.17, 15) is 0 Å². The quantitative estimate of drug-likeness (QED) is 0.438. The topological polar surface area (TPSA) is 107 Å². The Hall–Kier alpha value is -1.08. The molecule has 0 unspecified atom stereocenters. The molecule has 4 N–H and O–H groups in total. The van der Waals surface area contributed by atoms with E-state index in [-0.39, 0.29) is 26.4 Å². The van der Waals surface area contributed by atoms with Gasteiger partial charge in [-0.25, -0.2) is 0 Å². The molecule has 0 saturated heterocycles. The Morgan fingerprint density at radius 2 is 0.682 bits per heavy atom. The van der Waals surface area contributed by atoms with E-state index in [1.54, 1.807) is 0 Å². The molecule has 0 aliphatic carbocycles. The van der Waals surface area contributed by atoms with Gasteiger partial charge in [0.25, 0.3) is 0 Å². The van der Waals surface area contributed by atoms with E-state index in [1.807, 2.05) is 0 Å². The van der Waals surface area contributed by atoms with Crippen molar-refractivity contribution in [3.05, 3.63) is 22.8 Å². The Morgan fingerprint density at radius 1 is 0.455 bits per heavy atom. The van der Waals surface area contributed by atoms with E-state index < -0.39 is 0 Å². The summed E-state index contributed by atoms with van der Waals surface area (Å²) in [6.45, 7) is 0.442. The first-order valence-electron chi connectivity index (χ1n) is 8.07. The van der Waals surface area contributed by atoms with Crippen LogP contribution in [0.15, 0.2) is 0 Å². The Kier molecular flexibility index (Phi) is 9.90. The van der Waals surface area contributed by atoms with Crippen molar-refractivity contribution in [2.75, 3.05) is 26.4 Å². The molecule has 0 aliphatic heterocycles.